The van der Waals surface area contributed by atoms with Gasteiger partial charge in [-0.1, -0.05) is 6.07 Å². The first-order valence-corrected chi connectivity index (χ1v) is 6.95. The van der Waals surface area contributed by atoms with E-state index in [0.29, 0.717) is 12.2 Å². The van der Waals surface area contributed by atoms with E-state index in [1.807, 2.05) is 0 Å². The lowest BCUT2D eigenvalue weighted by atomic mass is 10.3. The van der Waals surface area contributed by atoms with Crippen molar-refractivity contribution in [1.82, 2.24) is 4.72 Å². The summed E-state index contributed by atoms with van der Waals surface area (Å²) in [4.78, 5) is -0.963. The molecule has 0 unspecified atom stereocenters. The van der Waals surface area contributed by atoms with Gasteiger partial charge in [0.15, 0.2) is 4.90 Å². The molecule has 0 bridgehead atoms. The zero-order valence-corrected chi connectivity index (χ0v) is 10.6. The average molecular weight is 287 g/mol. The Morgan fingerprint density at radius 3 is 2.37 bits per heavy atom. The van der Waals surface area contributed by atoms with Crippen LogP contribution >= 0.6 is 0 Å². The molecule has 0 aliphatic carbocycles. The van der Waals surface area contributed by atoms with E-state index in [-0.39, 0.29) is 6.54 Å². The summed E-state index contributed by atoms with van der Waals surface area (Å²) in [6.07, 6.45) is 1.75. The predicted octanol–water partition coefficient (Wildman–Crippen LogP) is 2.08. The van der Waals surface area contributed by atoms with Crippen LogP contribution in [0.3, 0.4) is 0 Å². The molecular weight excluding hydrogens is 276 g/mol. The molecule has 1 N–H and O–H groups in total. The van der Waals surface area contributed by atoms with Crippen LogP contribution in [0.1, 0.15) is 5.76 Å². The van der Waals surface area contributed by atoms with Crippen LogP contribution in [0.5, 0.6) is 0 Å². The molecule has 19 heavy (non-hydrogen) atoms. The van der Waals surface area contributed by atoms with Crippen molar-refractivity contribution in [2.45, 2.75) is 11.3 Å². The number of rotatable bonds is 5. The van der Waals surface area contributed by atoms with Crippen molar-refractivity contribution in [3.8, 4) is 0 Å². The molecule has 0 radical (unpaired) electrons. The quantitative estimate of drug-likeness (QED) is 0.916. The normalized spacial score (nSPS) is 11.7. The zero-order valence-electron chi connectivity index (χ0n) is 9.77. The summed E-state index contributed by atoms with van der Waals surface area (Å²) in [6, 6.07) is 6.24. The van der Waals surface area contributed by atoms with Gasteiger partial charge in [-0.05, 0) is 24.3 Å². The first-order valence-electron chi connectivity index (χ1n) is 5.47. The minimum Gasteiger partial charge on any atom is -0.469 e. The second-order valence-corrected chi connectivity index (χ2v) is 5.48. The van der Waals surface area contributed by atoms with E-state index in [0.717, 1.165) is 18.2 Å². The fourth-order valence-corrected chi connectivity index (χ4v) is 2.74. The Morgan fingerprint density at radius 1 is 1.11 bits per heavy atom. The van der Waals surface area contributed by atoms with E-state index in [9.17, 15) is 17.2 Å². The van der Waals surface area contributed by atoms with E-state index >= 15 is 0 Å². The SMILES string of the molecule is O=S(=O)(NCCc1ccco1)c1c(F)cccc1F. The van der Waals surface area contributed by atoms with Crippen LogP contribution < -0.4 is 4.72 Å². The number of furan rings is 1. The van der Waals surface area contributed by atoms with Crippen LogP contribution in [0.4, 0.5) is 8.78 Å². The number of halogens is 2. The molecule has 2 aromatic rings. The highest BCUT2D eigenvalue weighted by Gasteiger charge is 2.23. The molecule has 0 atom stereocenters. The summed E-state index contributed by atoms with van der Waals surface area (Å²) >= 11 is 0. The number of hydrogen-bond donors (Lipinski definition) is 1. The Hall–Kier alpha value is -1.73. The Labute approximate surface area is 109 Å². The zero-order chi connectivity index (χ0) is 13.9. The molecule has 0 spiro atoms. The second-order valence-electron chi connectivity index (χ2n) is 3.78. The lowest BCUT2D eigenvalue weighted by Gasteiger charge is -2.07. The van der Waals surface area contributed by atoms with Crippen molar-refractivity contribution >= 4 is 10.0 Å². The van der Waals surface area contributed by atoms with Gasteiger partial charge in [-0.15, -0.1) is 0 Å². The van der Waals surface area contributed by atoms with Crippen molar-refractivity contribution in [3.63, 3.8) is 0 Å². The van der Waals surface area contributed by atoms with Crippen LogP contribution in [-0.2, 0) is 16.4 Å². The molecule has 4 nitrogen and oxygen atoms in total. The van der Waals surface area contributed by atoms with Gasteiger partial charge in [-0.3, -0.25) is 0 Å². The monoisotopic (exact) mass is 287 g/mol. The molecule has 1 aromatic carbocycles. The highest BCUT2D eigenvalue weighted by Crippen LogP contribution is 2.17. The van der Waals surface area contributed by atoms with Gasteiger partial charge in [0.05, 0.1) is 6.26 Å². The fraction of sp³-hybridized carbons (Fsp3) is 0.167. The van der Waals surface area contributed by atoms with Crippen molar-refractivity contribution in [3.05, 3.63) is 54.0 Å². The minimum absolute atomic E-state index is 0.0103. The van der Waals surface area contributed by atoms with Gasteiger partial charge < -0.3 is 4.42 Å². The highest BCUT2D eigenvalue weighted by atomic mass is 32.2. The first kappa shape index (κ1) is 13.7. The molecule has 7 heteroatoms. The van der Waals surface area contributed by atoms with Crippen molar-refractivity contribution in [2.75, 3.05) is 6.54 Å². The van der Waals surface area contributed by atoms with E-state index in [1.54, 1.807) is 12.1 Å². The second kappa shape index (κ2) is 5.50. The standard InChI is InChI=1S/C12H11F2NO3S/c13-10-4-1-5-11(14)12(10)19(16,17)15-7-6-9-3-2-8-18-9/h1-5,8,15H,6-7H2. The third kappa shape index (κ3) is 3.18. The summed E-state index contributed by atoms with van der Waals surface area (Å²) < 4.78 is 57.4. The number of benzene rings is 1. The Bertz CT molecular complexity index is 633. The summed E-state index contributed by atoms with van der Waals surface area (Å²) in [7, 11) is -4.22. The molecule has 0 aliphatic heterocycles. The highest BCUT2D eigenvalue weighted by molar-refractivity contribution is 7.89. The largest absolute Gasteiger partial charge is 0.469 e. The van der Waals surface area contributed by atoms with E-state index in [2.05, 4.69) is 4.72 Å². The van der Waals surface area contributed by atoms with E-state index < -0.39 is 26.6 Å². The van der Waals surface area contributed by atoms with E-state index in [1.165, 1.54) is 6.26 Å². The number of hydrogen-bond acceptors (Lipinski definition) is 3. The molecule has 0 fully saturated rings. The number of sulfonamides is 1. The van der Waals surface area contributed by atoms with Gasteiger partial charge >= 0.3 is 0 Å². The minimum atomic E-state index is -4.22. The van der Waals surface area contributed by atoms with Gasteiger partial charge in [-0.2, -0.15) is 0 Å². The Balaban J connectivity index is 2.10. The third-order valence-electron chi connectivity index (χ3n) is 2.43. The molecule has 1 heterocycles. The summed E-state index contributed by atoms with van der Waals surface area (Å²) in [5.41, 5.74) is 0. The Kier molecular flexibility index (Phi) is 3.96. The van der Waals surface area contributed by atoms with Gasteiger partial charge in [0.25, 0.3) is 0 Å². The first-order chi connectivity index (χ1) is 9.00. The van der Waals surface area contributed by atoms with Gasteiger partial charge in [0.1, 0.15) is 17.4 Å². The van der Waals surface area contributed by atoms with E-state index in [4.69, 9.17) is 4.42 Å². The summed E-state index contributed by atoms with van der Waals surface area (Å²) in [6.45, 7) is -0.0103. The topological polar surface area (TPSA) is 59.3 Å². The fourth-order valence-electron chi connectivity index (χ4n) is 1.57. The molecule has 102 valence electrons. The molecule has 1 aromatic heterocycles. The lowest BCUT2D eigenvalue weighted by Crippen LogP contribution is -2.27. The maximum atomic E-state index is 13.4. The molecular formula is C12H11F2NO3S. The molecule has 0 amide bonds. The average Bonchev–Trinajstić information content (AvgIpc) is 2.81. The molecule has 0 saturated heterocycles. The van der Waals surface area contributed by atoms with Crippen LogP contribution in [0.15, 0.2) is 45.9 Å². The van der Waals surface area contributed by atoms with Crippen LogP contribution in [0.2, 0.25) is 0 Å². The third-order valence-corrected chi connectivity index (χ3v) is 3.94. The van der Waals surface area contributed by atoms with Crippen molar-refractivity contribution in [1.29, 1.82) is 0 Å². The summed E-state index contributed by atoms with van der Waals surface area (Å²) in [5.74, 6) is -1.66. The van der Waals surface area contributed by atoms with Crippen molar-refractivity contribution in [2.24, 2.45) is 0 Å². The van der Waals surface area contributed by atoms with Gasteiger partial charge in [0.2, 0.25) is 10.0 Å². The van der Waals surface area contributed by atoms with Crippen LogP contribution in [0, 0.1) is 11.6 Å². The molecule has 2 rings (SSSR count). The smallest absolute Gasteiger partial charge is 0.246 e. The number of nitrogens with one attached hydrogen (secondary N) is 1. The maximum absolute atomic E-state index is 13.4. The predicted molar refractivity (Wildman–Crippen MR) is 64.0 cm³/mol. The van der Waals surface area contributed by atoms with Gasteiger partial charge in [-0.25, -0.2) is 21.9 Å². The van der Waals surface area contributed by atoms with Gasteiger partial charge in [0, 0.05) is 13.0 Å². The summed E-state index contributed by atoms with van der Waals surface area (Å²) in [5, 5.41) is 0. The maximum Gasteiger partial charge on any atom is 0.246 e. The van der Waals surface area contributed by atoms with Crippen molar-refractivity contribution < 1.29 is 21.6 Å². The Morgan fingerprint density at radius 2 is 1.79 bits per heavy atom. The lowest BCUT2D eigenvalue weighted by molar-refractivity contribution is 0.500. The van der Waals surface area contributed by atoms with Crippen LogP contribution in [-0.4, -0.2) is 15.0 Å². The molecule has 0 saturated carbocycles. The molecule has 0 aliphatic rings. The van der Waals surface area contributed by atoms with Crippen LogP contribution in [0.25, 0.3) is 0 Å².